The molecule has 0 bridgehead atoms. The fourth-order valence-corrected chi connectivity index (χ4v) is 9.56. The van der Waals surface area contributed by atoms with Crippen LogP contribution >= 0.6 is 0 Å². The minimum atomic E-state index is -1.20. The van der Waals surface area contributed by atoms with Crippen LogP contribution in [0.3, 0.4) is 0 Å². The van der Waals surface area contributed by atoms with Crippen LogP contribution in [0.5, 0.6) is 0 Å². The molecule has 4 aromatic heterocycles. The molecule has 15 nitrogen and oxygen atoms in total. The molecular formula is C43H53FN12O3. The predicted molar refractivity (Wildman–Crippen MR) is 225 cm³/mol. The Kier molecular flexibility index (Phi) is 10.4. The monoisotopic (exact) mass is 804 g/mol. The van der Waals surface area contributed by atoms with Gasteiger partial charge in [-0.15, -0.1) is 0 Å². The molecule has 16 heteroatoms. The van der Waals surface area contributed by atoms with Crippen molar-refractivity contribution in [1.82, 2.24) is 44.4 Å². The summed E-state index contributed by atoms with van der Waals surface area (Å²) < 4.78 is 20.1. The lowest BCUT2D eigenvalue weighted by Crippen LogP contribution is -2.50. The molecule has 4 amide bonds. The second-order valence-electron chi connectivity index (χ2n) is 17.0. The van der Waals surface area contributed by atoms with Crippen LogP contribution < -0.4 is 20.4 Å². The number of nitrogens with zero attached hydrogens (tertiary/aromatic N) is 10. The molecule has 7 heterocycles. The molecular weight excluding hydrogens is 752 g/mol. The van der Waals surface area contributed by atoms with Crippen molar-refractivity contribution in [3.8, 4) is 0 Å². The third kappa shape index (κ3) is 7.81. The van der Waals surface area contributed by atoms with Crippen molar-refractivity contribution in [1.29, 1.82) is 0 Å². The molecule has 310 valence electrons. The van der Waals surface area contributed by atoms with Crippen LogP contribution in [-0.2, 0) is 18.3 Å². The topological polar surface area (TPSA) is 150 Å². The number of carbonyl (C=O) groups excluding carboxylic acids is 3. The van der Waals surface area contributed by atoms with E-state index < -0.39 is 11.7 Å². The number of aromatic nitrogens is 6. The van der Waals surface area contributed by atoms with Crippen molar-refractivity contribution in [2.24, 2.45) is 7.05 Å². The Bertz CT molecular complexity index is 2370. The molecule has 1 aliphatic carbocycles. The zero-order chi connectivity index (χ0) is 40.8. The molecule has 3 saturated heterocycles. The number of fused-ring (bicyclic) bond motifs is 2. The summed E-state index contributed by atoms with van der Waals surface area (Å²) in [4.78, 5) is 59.3. The number of nitrogens with one attached hydrogen (secondary N) is 2. The quantitative estimate of drug-likeness (QED) is 0.169. The van der Waals surface area contributed by atoms with Gasteiger partial charge in [-0.05, 0) is 87.3 Å². The van der Waals surface area contributed by atoms with Crippen molar-refractivity contribution < 1.29 is 18.8 Å². The number of benzene rings is 1. The van der Waals surface area contributed by atoms with E-state index in [2.05, 4.69) is 41.1 Å². The second-order valence-corrected chi connectivity index (χ2v) is 17.0. The number of imide groups is 1. The number of anilines is 4. The highest BCUT2D eigenvalue weighted by atomic mass is 19.1. The third-order valence-electron chi connectivity index (χ3n) is 13.0. The summed E-state index contributed by atoms with van der Waals surface area (Å²) in [6.45, 7) is 3.65. The fourth-order valence-electron chi connectivity index (χ4n) is 9.56. The van der Waals surface area contributed by atoms with Gasteiger partial charge < -0.3 is 24.6 Å². The molecule has 3 aliphatic heterocycles. The Morgan fingerprint density at radius 2 is 1.73 bits per heavy atom. The molecule has 0 radical (unpaired) electrons. The van der Waals surface area contributed by atoms with Crippen molar-refractivity contribution in [2.45, 2.75) is 88.4 Å². The lowest BCUT2D eigenvalue weighted by atomic mass is 9.86. The number of hydrogen-bond donors (Lipinski definition) is 2. The van der Waals surface area contributed by atoms with Gasteiger partial charge in [-0.1, -0.05) is 18.9 Å². The van der Waals surface area contributed by atoms with Crippen molar-refractivity contribution in [2.75, 3.05) is 61.9 Å². The average Bonchev–Trinajstić information content (AvgIpc) is 3.98. The van der Waals surface area contributed by atoms with Gasteiger partial charge in [0.05, 0.1) is 17.4 Å². The molecule has 59 heavy (non-hydrogen) atoms. The summed E-state index contributed by atoms with van der Waals surface area (Å²) in [5, 5.41) is 11.9. The number of aryl methyl sites for hydroxylation is 2. The Morgan fingerprint density at radius 1 is 0.949 bits per heavy atom. The Labute approximate surface area is 342 Å². The summed E-state index contributed by atoms with van der Waals surface area (Å²) in [5.41, 5.74) is 3.22. The van der Waals surface area contributed by atoms with Gasteiger partial charge in [-0.3, -0.25) is 24.5 Å². The average molecular weight is 805 g/mol. The van der Waals surface area contributed by atoms with Gasteiger partial charge in [0.2, 0.25) is 11.9 Å². The van der Waals surface area contributed by atoms with Gasteiger partial charge in [0.1, 0.15) is 22.8 Å². The maximum atomic E-state index is 16.2. The van der Waals surface area contributed by atoms with E-state index >= 15 is 4.39 Å². The highest BCUT2D eigenvalue weighted by molar-refractivity contribution is 6.08. The molecule has 0 atom stereocenters. The van der Waals surface area contributed by atoms with Crippen molar-refractivity contribution in [3.63, 3.8) is 0 Å². The largest absolute Gasteiger partial charge is 0.370 e. The van der Waals surface area contributed by atoms with E-state index in [0.29, 0.717) is 61.5 Å². The normalized spacial score (nSPS) is 19.5. The van der Waals surface area contributed by atoms with E-state index in [1.165, 1.54) is 4.90 Å². The van der Waals surface area contributed by atoms with Crippen LogP contribution in [0.4, 0.5) is 32.5 Å². The number of likely N-dealkylation sites (tertiary alicyclic amines) is 1. The number of halogens is 1. The van der Waals surface area contributed by atoms with Gasteiger partial charge in [-0.25, -0.2) is 19.2 Å². The van der Waals surface area contributed by atoms with Crippen LogP contribution in [0.15, 0.2) is 48.8 Å². The first kappa shape index (κ1) is 38.9. The molecule has 5 aromatic rings. The Hall–Kier alpha value is -5.64. The summed E-state index contributed by atoms with van der Waals surface area (Å²) >= 11 is 0. The van der Waals surface area contributed by atoms with Crippen LogP contribution in [-0.4, -0.2) is 115 Å². The molecule has 9 rings (SSSR count). The second kappa shape index (κ2) is 15.8. The first-order valence-electron chi connectivity index (χ1n) is 21.1. The Balaban J connectivity index is 0.763. The zero-order valence-electron chi connectivity index (χ0n) is 34.2. The highest BCUT2D eigenvalue weighted by Gasteiger charge is 2.37. The molecule has 1 aromatic carbocycles. The van der Waals surface area contributed by atoms with Crippen LogP contribution in [0.25, 0.3) is 21.9 Å². The number of rotatable bonds is 10. The summed E-state index contributed by atoms with van der Waals surface area (Å²) in [6, 6.07) is 12.2. The number of alkyl halides is 1. The SMILES string of the molecule is CN(C)C(=O)c1cc2cnc(Nc3ccc(N4CCC(N5CCC(F)(CCc6ccc7c(N8CCC(=O)NC8=O)nn(C)c7c6)CC5)CC4)cn3)nc2n1C1CCCC1. The standard InChI is InChI=1S/C43H53FN12O3/c1-51(2)40(58)35-25-29-26-46-41(49-38(29)56(35)31-6-4-5-7-31)47-36-11-9-32(27-45-36)53-19-13-30(14-20-53)54-22-17-43(44,18-23-54)16-12-28-8-10-33-34(24-28)52(3)50-39(33)55-21-15-37(57)48-42(55)59/h8-11,24-27,30-31H,4-7,12-23H2,1-3H3,(H,48,57,59)(H,45,46,47,49). The summed E-state index contributed by atoms with van der Waals surface area (Å²) in [5.74, 6) is 1.33. The molecule has 0 unspecified atom stereocenters. The summed E-state index contributed by atoms with van der Waals surface area (Å²) in [7, 11) is 5.39. The van der Waals surface area contributed by atoms with E-state index in [-0.39, 0.29) is 24.3 Å². The summed E-state index contributed by atoms with van der Waals surface area (Å²) in [6.07, 6.45) is 12.5. The van der Waals surface area contributed by atoms with Gasteiger partial charge in [0, 0.05) is 89.3 Å². The smallest absolute Gasteiger partial charge is 0.329 e. The number of pyridine rings is 1. The molecule has 4 fully saturated rings. The van der Waals surface area contributed by atoms with Crippen LogP contribution in [0.1, 0.15) is 86.3 Å². The minimum Gasteiger partial charge on any atom is -0.370 e. The van der Waals surface area contributed by atoms with Gasteiger partial charge >= 0.3 is 6.03 Å². The van der Waals surface area contributed by atoms with Crippen molar-refractivity contribution in [3.05, 3.63) is 60.0 Å². The molecule has 4 aliphatic rings. The fraction of sp³-hybridized carbons (Fsp3) is 0.512. The molecule has 2 N–H and O–H groups in total. The predicted octanol–water partition coefficient (Wildman–Crippen LogP) is 6.13. The van der Waals surface area contributed by atoms with E-state index in [4.69, 9.17) is 9.97 Å². The first-order chi connectivity index (χ1) is 28.5. The number of urea groups is 1. The maximum Gasteiger partial charge on any atom is 0.329 e. The minimum absolute atomic E-state index is 0.0306. The van der Waals surface area contributed by atoms with Gasteiger partial charge in [0.25, 0.3) is 5.91 Å². The number of amides is 4. The third-order valence-corrected chi connectivity index (χ3v) is 13.0. The lowest BCUT2D eigenvalue weighted by molar-refractivity contribution is -0.120. The van der Waals surface area contributed by atoms with E-state index in [0.717, 1.165) is 97.9 Å². The van der Waals surface area contributed by atoms with E-state index in [1.807, 2.05) is 43.6 Å². The maximum absolute atomic E-state index is 16.2. The van der Waals surface area contributed by atoms with Crippen molar-refractivity contribution >= 4 is 63.1 Å². The van der Waals surface area contributed by atoms with Gasteiger partial charge in [0.15, 0.2) is 5.82 Å². The van der Waals surface area contributed by atoms with E-state index in [9.17, 15) is 14.4 Å². The molecule has 0 spiro atoms. The number of hydrogen-bond acceptors (Lipinski definition) is 10. The number of piperidine rings is 2. The zero-order valence-corrected chi connectivity index (χ0v) is 34.2. The lowest BCUT2D eigenvalue weighted by Gasteiger charge is -2.44. The Morgan fingerprint density at radius 3 is 2.44 bits per heavy atom. The molecule has 1 saturated carbocycles. The highest BCUT2D eigenvalue weighted by Crippen LogP contribution is 2.37. The van der Waals surface area contributed by atoms with Crippen LogP contribution in [0, 0.1) is 0 Å². The number of carbonyl (C=O) groups is 3. The first-order valence-corrected chi connectivity index (χ1v) is 21.1. The van der Waals surface area contributed by atoms with Gasteiger partial charge in [-0.2, -0.15) is 10.1 Å². The van der Waals surface area contributed by atoms with E-state index in [1.54, 1.807) is 29.9 Å². The van der Waals surface area contributed by atoms with Crippen LogP contribution in [0.2, 0.25) is 0 Å².